The lowest BCUT2D eigenvalue weighted by atomic mass is 10.4. The molecule has 2 heterocycles. The number of nitrogens with zero attached hydrogens (tertiary/aromatic N) is 3. The monoisotopic (exact) mass is 288 g/mol. The third-order valence-electron chi connectivity index (χ3n) is 1.88. The summed E-state index contributed by atoms with van der Waals surface area (Å²) in [4.78, 5) is 15.5. The summed E-state index contributed by atoms with van der Waals surface area (Å²) in [6.45, 7) is 1.49. The van der Waals surface area contributed by atoms with Gasteiger partial charge < -0.3 is 0 Å². The standard InChI is InChI=1S/C7H8N6O3S2/c1-3-6(18(8,15)16)17-7(10-3)11-5(14)4-2-9-13-12-4/h2H,1H3,(H2,8,15,16)(H,9,12,13)(H,10,11,14). The van der Waals surface area contributed by atoms with E-state index in [-0.39, 0.29) is 20.7 Å². The molecule has 1 amide bonds. The molecule has 11 heteroatoms. The topological polar surface area (TPSA) is 144 Å². The van der Waals surface area contributed by atoms with Gasteiger partial charge in [-0.1, -0.05) is 11.3 Å². The van der Waals surface area contributed by atoms with Crippen LogP contribution in [-0.2, 0) is 10.0 Å². The zero-order valence-corrected chi connectivity index (χ0v) is 10.7. The van der Waals surface area contributed by atoms with Crippen molar-refractivity contribution in [3.63, 3.8) is 0 Å². The number of carbonyl (C=O) groups is 1. The minimum Gasteiger partial charge on any atom is -0.296 e. The summed E-state index contributed by atoms with van der Waals surface area (Å²) in [6, 6.07) is 0. The van der Waals surface area contributed by atoms with Crippen molar-refractivity contribution in [2.24, 2.45) is 5.14 Å². The number of aromatic amines is 1. The van der Waals surface area contributed by atoms with E-state index in [2.05, 4.69) is 25.7 Å². The van der Waals surface area contributed by atoms with Gasteiger partial charge in [-0.2, -0.15) is 15.4 Å². The van der Waals surface area contributed by atoms with Gasteiger partial charge in [0.05, 0.1) is 11.9 Å². The Kier molecular flexibility index (Phi) is 3.11. The minimum atomic E-state index is -3.83. The maximum atomic E-state index is 11.6. The number of aryl methyl sites for hydroxylation is 1. The molecule has 96 valence electrons. The van der Waals surface area contributed by atoms with Crippen molar-refractivity contribution in [3.05, 3.63) is 17.6 Å². The third kappa shape index (κ3) is 2.52. The van der Waals surface area contributed by atoms with E-state index < -0.39 is 15.9 Å². The number of hydrogen-bond donors (Lipinski definition) is 3. The van der Waals surface area contributed by atoms with Crippen molar-refractivity contribution >= 4 is 32.4 Å². The Morgan fingerprint density at radius 2 is 2.28 bits per heavy atom. The highest BCUT2D eigenvalue weighted by Gasteiger charge is 2.19. The second-order valence-electron chi connectivity index (χ2n) is 3.25. The number of primary sulfonamides is 1. The quantitative estimate of drug-likeness (QED) is 0.692. The number of carbonyl (C=O) groups excluding carboxylic acids is 1. The molecule has 0 aliphatic rings. The number of H-pyrrole nitrogens is 1. The van der Waals surface area contributed by atoms with E-state index in [1.807, 2.05) is 0 Å². The molecular weight excluding hydrogens is 280 g/mol. The average Bonchev–Trinajstić information content (AvgIpc) is 2.85. The number of sulfonamides is 1. The van der Waals surface area contributed by atoms with Crippen LogP contribution in [0.4, 0.5) is 5.13 Å². The molecule has 9 nitrogen and oxygen atoms in total. The van der Waals surface area contributed by atoms with Gasteiger partial charge in [0.15, 0.2) is 15.0 Å². The van der Waals surface area contributed by atoms with E-state index in [1.165, 1.54) is 13.1 Å². The smallest absolute Gasteiger partial charge is 0.279 e. The van der Waals surface area contributed by atoms with Crippen molar-refractivity contribution < 1.29 is 13.2 Å². The van der Waals surface area contributed by atoms with Crippen molar-refractivity contribution in [3.8, 4) is 0 Å². The summed E-state index contributed by atoms with van der Waals surface area (Å²) >= 11 is 0.778. The number of thiazole rings is 1. The molecule has 0 aliphatic heterocycles. The second-order valence-corrected chi connectivity index (χ2v) is 6.00. The van der Waals surface area contributed by atoms with Crippen LogP contribution in [0.25, 0.3) is 0 Å². The van der Waals surface area contributed by atoms with E-state index in [0.717, 1.165) is 11.3 Å². The van der Waals surface area contributed by atoms with Crippen LogP contribution < -0.4 is 10.5 Å². The number of nitrogens with one attached hydrogen (secondary N) is 2. The molecule has 0 radical (unpaired) electrons. The number of aromatic nitrogens is 4. The molecule has 0 spiro atoms. The molecular formula is C7H8N6O3S2. The van der Waals surface area contributed by atoms with Gasteiger partial charge in [0.1, 0.15) is 0 Å². The molecule has 0 fully saturated rings. The van der Waals surface area contributed by atoms with Gasteiger partial charge in [-0.15, -0.1) is 0 Å². The fourth-order valence-electron chi connectivity index (χ4n) is 1.17. The van der Waals surface area contributed by atoms with Gasteiger partial charge in [0.25, 0.3) is 5.91 Å². The van der Waals surface area contributed by atoms with Gasteiger partial charge in [0, 0.05) is 0 Å². The molecule has 0 atom stereocenters. The summed E-state index contributed by atoms with van der Waals surface area (Å²) in [5.74, 6) is -0.543. The Morgan fingerprint density at radius 3 is 2.78 bits per heavy atom. The Bertz CT molecular complexity index is 674. The summed E-state index contributed by atoms with van der Waals surface area (Å²) in [7, 11) is -3.83. The van der Waals surface area contributed by atoms with E-state index >= 15 is 0 Å². The Hall–Kier alpha value is -1.85. The first kappa shape index (κ1) is 12.6. The Labute approximate surface area is 105 Å². The Balaban J connectivity index is 2.24. The first-order valence-corrected chi connectivity index (χ1v) is 6.91. The largest absolute Gasteiger partial charge is 0.296 e. The van der Waals surface area contributed by atoms with Crippen LogP contribution in [0.5, 0.6) is 0 Å². The molecule has 0 bridgehead atoms. The van der Waals surface area contributed by atoms with Gasteiger partial charge in [-0.05, 0) is 6.92 Å². The van der Waals surface area contributed by atoms with Crippen molar-refractivity contribution in [1.82, 2.24) is 20.4 Å². The van der Waals surface area contributed by atoms with E-state index in [4.69, 9.17) is 5.14 Å². The molecule has 0 saturated heterocycles. The summed E-state index contributed by atoms with van der Waals surface area (Å²) in [5, 5.41) is 16.9. The van der Waals surface area contributed by atoms with Gasteiger partial charge in [0.2, 0.25) is 10.0 Å². The fourth-order valence-corrected chi connectivity index (χ4v) is 3.03. The molecule has 4 N–H and O–H groups in total. The maximum absolute atomic E-state index is 11.6. The van der Waals surface area contributed by atoms with Crippen LogP contribution in [0.2, 0.25) is 0 Å². The highest BCUT2D eigenvalue weighted by atomic mass is 32.2. The first-order chi connectivity index (χ1) is 8.38. The summed E-state index contributed by atoms with van der Waals surface area (Å²) < 4.78 is 22.3. The molecule has 18 heavy (non-hydrogen) atoms. The van der Waals surface area contributed by atoms with Gasteiger partial charge in [-0.3, -0.25) is 10.1 Å². The molecule has 0 aromatic carbocycles. The minimum absolute atomic E-state index is 0.0695. The lowest BCUT2D eigenvalue weighted by Crippen LogP contribution is -2.12. The van der Waals surface area contributed by atoms with Crippen molar-refractivity contribution in [1.29, 1.82) is 0 Å². The Morgan fingerprint density at radius 1 is 1.56 bits per heavy atom. The molecule has 0 saturated carbocycles. The summed E-state index contributed by atoms with van der Waals surface area (Å²) in [5.41, 5.74) is 0.304. The van der Waals surface area contributed by atoms with Crippen molar-refractivity contribution in [2.45, 2.75) is 11.1 Å². The number of amides is 1. The third-order valence-corrected chi connectivity index (χ3v) is 4.51. The maximum Gasteiger partial charge on any atom is 0.279 e. The van der Waals surface area contributed by atoms with Crippen LogP contribution in [-0.4, -0.2) is 34.7 Å². The number of hydrogen-bond acceptors (Lipinski definition) is 7. The van der Waals surface area contributed by atoms with Crippen LogP contribution in [0.1, 0.15) is 16.2 Å². The molecule has 2 rings (SSSR count). The number of anilines is 1. The second kappa shape index (κ2) is 4.44. The SMILES string of the molecule is Cc1nc(NC(=O)c2cn[nH]n2)sc1S(N)(=O)=O. The predicted molar refractivity (Wildman–Crippen MR) is 62.6 cm³/mol. The van der Waals surface area contributed by atoms with E-state index in [0.29, 0.717) is 0 Å². The number of nitrogens with two attached hydrogens (primary N) is 1. The normalized spacial score (nSPS) is 11.4. The van der Waals surface area contributed by atoms with Crippen molar-refractivity contribution in [2.75, 3.05) is 5.32 Å². The van der Waals surface area contributed by atoms with E-state index in [9.17, 15) is 13.2 Å². The predicted octanol–water partition coefficient (Wildman–Crippen LogP) is -0.531. The van der Waals surface area contributed by atoms with Gasteiger partial charge >= 0.3 is 0 Å². The molecule has 2 aromatic heterocycles. The molecule has 2 aromatic rings. The molecule has 0 unspecified atom stereocenters. The zero-order valence-electron chi connectivity index (χ0n) is 9.04. The van der Waals surface area contributed by atoms with Gasteiger partial charge in [-0.25, -0.2) is 18.5 Å². The number of rotatable bonds is 3. The fraction of sp³-hybridized carbons (Fsp3) is 0.143. The highest BCUT2D eigenvalue weighted by Crippen LogP contribution is 2.26. The van der Waals surface area contributed by atoms with E-state index in [1.54, 1.807) is 0 Å². The summed E-state index contributed by atoms with van der Waals surface area (Å²) in [6.07, 6.45) is 1.23. The van der Waals surface area contributed by atoms with Crippen LogP contribution >= 0.6 is 11.3 Å². The lowest BCUT2D eigenvalue weighted by Gasteiger charge is -1.95. The molecule has 0 aliphatic carbocycles. The van der Waals surface area contributed by atoms with Crippen LogP contribution in [0, 0.1) is 6.92 Å². The lowest BCUT2D eigenvalue weighted by molar-refractivity contribution is 0.102. The highest BCUT2D eigenvalue weighted by molar-refractivity contribution is 7.91. The van der Waals surface area contributed by atoms with Crippen LogP contribution in [0.3, 0.4) is 0 Å². The zero-order chi connectivity index (χ0) is 13.3. The average molecular weight is 288 g/mol. The first-order valence-electron chi connectivity index (χ1n) is 4.55. The van der Waals surface area contributed by atoms with Crippen LogP contribution in [0.15, 0.2) is 10.4 Å².